The average Bonchev–Trinajstić information content (AvgIpc) is 2.86. The van der Waals surface area contributed by atoms with Gasteiger partial charge in [-0.1, -0.05) is 12.1 Å². The van der Waals surface area contributed by atoms with Gasteiger partial charge in [-0.05, 0) is 23.6 Å². The molecular formula is C13H11N3O3S2. The number of nitrogens with one attached hydrogen (secondary N) is 2. The molecule has 0 aliphatic rings. The molecule has 0 aliphatic carbocycles. The molecule has 0 fully saturated rings. The maximum absolute atomic E-state index is 12.0. The van der Waals surface area contributed by atoms with Gasteiger partial charge in [0.15, 0.2) is 0 Å². The van der Waals surface area contributed by atoms with Gasteiger partial charge in [-0.2, -0.15) is 0 Å². The van der Waals surface area contributed by atoms with E-state index in [9.17, 15) is 13.2 Å². The minimum atomic E-state index is -3.35. The fraction of sp³-hybridized carbons (Fsp3) is 0.0769. The molecule has 2 heterocycles. The second-order valence-electron chi connectivity index (χ2n) is 4.50. The standard InChI is InChI=1S/C13H11N3O3S2/c1-21(18,19)16-9-4-2-3-8(7-9)12-14-10-5-6-20-11(10)13(17)15-12/h2-7,16H,1H3,(H,14,15,17). The lowest BCUT2D eigenvalue weighted by Crippen LogP contribution is -2.10. The van der Waals surface area contributed by atoms with Crippen molar-refractivity contribution in [2.24, 2.45) is 0 Å². The van der Waals surface area contributed by atoms with E-state index in [1.165, 1.54) is 11.3 Å². The van der Waals surface area contributed by atoms with Crippen LogP contribution in [0.3, 0.4) is 0 Å². The molecule has 0 radical (unpaired) electrons. The number of hydrogen-bond donors (Lipinski definition) is 2. The first-order valence-corrected chi connectivity index (χ1v) is 8.75. The van der Waals surface area contributed by atoms with Crippen LogP contribution in [0.5, 0.6) is 0 Å². The molecule has 0 spiro atoms. The number of benzene rings is 1. The molecule has 0 saturated heterocycles. The second-order valence-corrected chi connectivity index (χ2v) is 7.17. The second kappa shape index (κ2) is 4.97. The van der Waals surface area contributed by atoms with Gasteiger partial charge in [-0.15, -0.1) is 11.3 Å². The molecule has 2 aromatic heterocycles. The van der Waals surface area contributed by atoms with Crippen molar-refractivity contribution in [3.63, 3.8) is 0 Å². The summed E-state index contributed by atoms with van der Waals surface area (Å²) in [6, 6.07) is 8.48. The summed E-state index contributed by atoms with van der Waals surface area (Å²) < 4.78 is 25.5. The zero-order chi connectivity index (χ0) is 15.0. The number of sulfonamides is 1. The van der Waals surface area contributed by atoms with Crippen molar-refractivity contribution < 1.29 is 8.42 Å². The Hall–Kier alpha value is -2.19. The van der Waals surface area contributed by atoms with Gasteiger partial charge in [0.1, 0.15) is 10.5 Å². The monoisotopic (exact) mass is 321 g/mol. The molecule has 8 heteroatoms. The van der Waals surface area contributed by atoms with E-state index >= 15 is 0 Å². The van der Waals surface area contributed by atoms with E-state index in [0.29, 0.717) is 27.3 Å². The van der Waals surface area contributed by atoms with E-state index in [0.717, 1.165) is 6.26 Å². The van der Waals surface area contributed by atoms with Crippen molar-refractivity contribution >= 4 is 37.3 Å². The highest BCUT2D eigenvalue weighted by atomic mass is 32.2. The lowest BCUT2D eigenvalue weighted by molar-refractivity contribution is 0.607. The summed E-state index contributed by atoms with van der Waals surface area (Å²) in [6.07, 6.45) is 1.08. The number of thiophene rings is 1. The summed E-state index contributed by atoms with van der Waals surface area (Å²) in [4.78, 5) is 19.0. The maximum Gasteiger partial charge on any atom is 0.269 e. The van der Waals surface area contributed by atoms with Crippen LogP contribution in [-0.2, 0) is 10.0 Å². The Morgan fingerprint density at radius 1 is 1.29 bits per heavy atom. The van der Waals surface area contributed by atoms with Crippen LogP contribution >= 0.6 is 11.3 Å². The minimum absolute atomic E-state index is 0.202. The highest BCUT2D eigenvalue weighted by Crippen LogP contribution is 2.22. The van der Waals surface area contributed by atoms with Gasteiger partial charge in [0.05, 0.1) is 11.8 Å². The Morgan fingerprint density at radius 2 is 2.10 bits per heavy atom. The molecule has 0 amide bonds. The predicted molar refractivity (Wildman–Crippen MR) is 84.1 cm³/mol. The van der Waals surface area contributed by atoms with Crippen LogP contribution in [0.1, 0.15) is 0 Å². The minimum Gasteiger partial charge on any atom is -0.305 e. The Bertz CT molecular complexity index is 973. The zero-order valence-electron chi connectivity index (χ0n) is 11.0. The van der Waals surface area contributed by atoms with Gasteiger partial charge in [-0.25, -0.2) is 13.4 Å². The van der Waals surface area contributed by atoms with Crippen LogP contribution in [0.2, 0.25) is 0 Å². The number of H-pyrrole nitrogens is 1. The lowest BCUT2D eigenvalue weighted by atomic mass is 10.2. The van der Waals surface area contributed by atoms with E-state index < -0.39 is 10.0 Å². The number of hydrogen-bond acceptors (Lipinski definition) is 5. The van der Waals surface area contributed by atoms with E-state index in [-0.39, 0.29) is 5.56 Å². The Morgan fingerprint density at radius 3 is 2.86 bits per heavy atom. The maximum atomic E-state index is 12.0. The number of nitrogens with zero attached hydrogens (tertiary/aromatic N) is 1. The van der Waals surface area contributed by atoms with E-state index in [1.54, 1.807) is 35.7 Å². The fourth-order valence-corrected chi connectivity index (χ4v) is 3.23. The predicted octanol–water partition coefficient (Wildman–Crippen LogP) is 2.02. The molecule has 0 aliphatic heterocycles. The van der Waals surface area contributed by atoms with Crippen molar-refractivity contribution in [2.75, 3.05) is 11.0 Å². The van der Waals surface area contributed by atoms with Crippen LogP contribution in [-0.4, -0.2) is 24.6 Å². The number of aromatic nitrogens is 2. The van der Waals surface area contributed by atoms with Crippen LogP contribution in [0, 0.1) is 0 Å². The summed E-state index contributed by atoms with van der Waals surface area (Å²) in [7, 11) is -3.35. The molecule has 0 unspecified atom stereocenters. The summed E-state index contributed by atoms with van der Waals surface area (Å²) >= 11 is 1.33. The SMILES string of the molecule is CS(=O)(=O)Nc1cccc(-c2nc3ccsc3c(=O)[nH]2)c1. The molecule has 2 N–H and O–H groups in total. The topological polar surface area (TPSA) is 91.9 Å². The van der Waals surface area contributed by atoms with Crippen LogP contribution < -0.4 is 10.3 Å². The summed E-state index contributed by atoms with van der Waals surface area (Å²) in [5.74, 6) is 0.406. The van der Waals surface area contributed by atoms with Crippen molar-refractivity contribution in [1.82, 2.24) is 9.97 Å². The molecule has 108 valence electrons. The number of fused-ring (bicyclic) bond motifs is 1. The van der Waals surface area contributed by atoms with Crippen LogP contribution in [0.4, 0.5) is 5.69 Å². The van der Waals surface area contributed by atoms with Crippen molar-refractivity contribution in [3.8, 4) is 11.4 Å². The lowest BCUT2D eigenvalue weighted by Gasteiger charge is -2.06. The third-order valence-corrected chi connectivity index (χ3v) is 4.26. The number of rotatable bonds is 3. The van der Waals surface area contributed by atoms with E-state index in [4.69, 9.17) is 0 Å². The van der Waals surface area contributed by atoms with Crippen LogP contribution in [0.15, 0.2) is 40.5 Å². The Kier molecular flexibility index (Phi) is 3.26. The van der Waals surface area contributed by atoms with Gasteiger partial charge >= 0.3 is 0 Å². The zero-order valence-corrected chi connectivity index (χ0v) is 12.6. The van der Waals surface area contributed by atoms with Crippen molar-refractivity contribution in [2.45, 2.75) is 0 Å². The highest BCUT2D eigenvalue weighted by molar-refractivity contribution is 7.92. The van der Waals surface area contributed by atoms with Gasteiger partial charge in [0.2, 0.25) is 10.0 Å². The van der Waals surface area contributed by atoms with Crippen molar-refractivity contribution in [1.29, 1.82) is 0 Å². The molecule has 21 heavy (non-hydrogen) atoms. The molecule has 6 nitrogen and oxygen atoms in total. The van der Waals surface area contributed by atoms with Gasteiger partial charge in [-0.3, -0.25) is 9.52 Å². The quantitative estimate of drug-likeness (QED) is 0.772. The third kappa shape index (κ3) is 2.96. The van der Waals surface area contributed by atoms with Crippen LogP contribution in [0.25, 0.3) is 21.6 Å². The highest BCUT2D eigenvalue weighted by Gasteiger charge is 2.08. The molecule has 3 aromatic rings. The smallest absolute Gasteiger partial charge is 0.269 e. The first-order valence-electron chi connectivity index (χ1n) is 5.98. The first kappa shape index (κ1) is 13.8. The Balaban J connectivity index is 2.10. The molecule has 1 aromatic carbocycles. The number of aromatic amines is 1. The fourth-order valence-electron chi connectivity index (χ4n) is 1.95. The van der Waals surface area contributed by atoms with Gasteiger partial charge < -0.3 is 4.98 Å². The van der Waals surface area contributed by atoms with E-state index in [2.05, 4.69) is 14.7 Å². The number of anilines is 1. The van der Waals surface area contributed by atoms with E-state index in [1.807, 2.05) is 0 Å². The average molecular weight is 321 g/mol. The third-order valence-electron chi connectivity index (χ3n) is 2.75. The Labute approximate surface area is 124 Å². The normalized spacial score (nSPS) is 11.7. The molecule has 0 bridgehead atoms. The molecule has 0 atom stereocenters. The molecule has 3 rings (SSSR count). The molecule has 0 saturated carbocycles. The first-order chi connectivity index (χ1) is 9.92. The molecular weight excluding hydrogens is 310 g/mol. The summed E-state index contributed by atoms with van der Waals surface area (Å²) in [6.45, 7) is 0. The summed E-state index contributed by atoms with van der Waals surface area (Å²) in [5, 5.41) is 1.80. The van der Waals surface area contributed by atoms with Gasteiger partial charge in [0, 0.05) is 11.3 Å². The van der Waals surface area contributed by atoms with Gasteiger partial charge in [0.25, 0.3) is 5.56 Å². The van der Waals surface area contributed by atoms with Crippen molar-refractivity contribution in [3.05, 3.63) is 46.1 Å². The summed E-state index contributed by atoms with van der Waals surface area (Å²) in [5.41, 5.74) is 1.48. The largest absolute Gasteiger partial charge is 0.305 e.